The molecule has 0 saturated carbocycles. The molecule has 1 aliphatic carbocycles. The standard InChI is InChI=1S/C24H29FN4O2.C7H8O3S/c1-4-29(5-2)12-11-26-23(30)20-14(3)27-22-16(20)7-6-8-17(22)21-18-13-15(25)9-10-19(18)28-24(21)31;1-6-2-4-7(5-3-6)11(8,9)10/h9-10,13,27H,4-8,11-12H2,1-3H3,(H,26,30)(H,28,31);2-5H,1H3,(H,8,9,10)/b21-17-;. The third-order valence-corrected chi connectivity index (χ3v) is 8.50. The van der Waals surface area contributed by atoms with Gasteiger partial charge in [0, 0.05) is 35.7 Å². The molecule has 0 unspecified atom stereocenters. The number of carbonyl (C=O) groups excluding carboxylic acids is 2. The van der Waals surface area contributed by atoms with Crippen molar-refractivity contribution in [1.29, 1.82) is 0 Å². The number of aryl methyl sites for hydroxylation is 2. The van der Waals surface area contributed by atoms with Crippen LogP contribution < -0.4 is 10.6 Å². The van der Waals surface area contributed by atoms with E-state index in [2.05, 4.69) is 34.4 Å². The van der Waals surface area contributed by atoms with Gasteiger partial charge in [-0.2, -0.15) is 8.42 Å². The molecular weight excluding hydrogens is 559 g/mol. The summed E-state index contributed by atoms with van der Waals surface area (Å²) in [6.07, 6.45) is 2.31. The predicted molar refractivity (Wildman–Crippen MR) is 161 cm³/mol. The molecule has 1 aromatic heterocycles. The number of rotatable bonds is 7. The van der Waals surface area contributed by atoms with Gasteiger partial charge >= 0.3 is 0 Å². The largest absolute Gasteiger partial charge is 0.358 e. The van der Waals surface area contributed by atoms with E-state index in [1.54, 1.807) is 18.2 Å². The third kappa shape index (κ3) is 6.80. The number of hydrogen-bond acceptors (Lipinski definition) is 5. The molecule has 224 valence electrons. The molecular formula is C31H37FN4O5S. The van der Waals surface area contributed by atoms with Crippen LogP contribution in [-0.4, -0.2) is 60.8 Å². The van der Waals surface area contributed by atoms with Crippen molar-refractivity contribution in [1.82, 2.24) is 15.2 Å². The number of halogens is 1. The molecule has 0 atom stereocenters. The number of aromatic amines is 1. The number of nitrogens with zero attached hydrogens (tertiary/aromatic N) is 1. The van der Waals surface area contributed by atoms with Crippen molar-refractivity contribution in [2.75, 3.05) is 31.5 Å². The Morgan fingerprint density at radius 2 is 1.76 bits per heavy atom. The highest BCUT2D eigenvalue weighted by Crippen LogP contribution is 2.43. The van der Waals surface area contributed by atoms with E-state index in [-0.39, 0.29) is 22.5 Å². The minimum absolute atomic E-state index is 0.0666. The molecule has 0 bridgehead atoms. The van der Waals surface area contributed by atoms with Crippen LogP contribution in [0, 0.1) is 19.7 Å². The molecule has 2 aromatic carbocycles. The molecule has 4 N–H and O–H groups in total. The number of hydrogen-bond donors (Lipinski definition) is 4. The number of nitrogens with one attached hydrogen (secondary N) is 3. The topological polar surface area (TPSA) is 132 Å². The van der Waals surface area contributed by atoms with E-state index in [1.165, 1.54) is 24.3 Å². The summed E-state index contributed by atoms with van der Waals surface area (Å²) >= 11 is 0. The fourth-order valence-corrected chi connectivity index (χ4v) is 5.89. The first-order chi connectivity index (χ1) is 19.9. The summed E-state index contributed by atoms with van der Waals surface area (Å²) in [6, 6.07) is 10.3. The Kier molecular flexibility index (Phi) is 9.65. The van der Waals surface area contributed by atoms with E-state index >= 15 is 0 Å². The van der Waals surface area contributed by atoms with Gasteiger partial charge in [0.25, 0.3) is 21.9 Å². The number of likely N-dealkylation sites (N-methyl/N-ethyl adjacent to an activating group) is 1. The van der Waals surface area contributed by atoms with E-state index in [0.717, 1.165) is 60.6 Å². The molecule has 0 radical (unpaired) electrons. The van der Waals surface area contributed by atoms with Crippen molar-refractivity contribution < 1.29 is 27.0 Å². The molecule has 42 heavy (non-hydrogen) atoms. The Hall–Kier alpha value is -3.80. The van der Waals surface area contributed by atoms with Gasteiger partial charge in [-0.3, -0.25) is 14.1 Å². The first-order valence-electron chi connectivity index (χ1n) is 14.1. The highest BCUT2D eigenvalue weighted by atomic mass is 32.2. The molecule has 0 spiro atoms. The Bertz CT molecular complexity index is 1620. The number of benzene rings is 2. The Morgan fingerprint density at radius 3 is 2.40 bits per heavy atom. The van der Waals surface area contributed by atoms with E-state index in [4.69, 9.17) is 4.55 Å². The van der Waals surface area contributed by atoms with E-state index in [9.17, 15) is 22.4 Å². The van der Waals surface area contributed by atoms with E-state index in [1.807, 2.05) is 13.8 Å². The minimum atomic E-state index is -4.02. The Morgan fingerprint density at radius 1 is 1.07 bits per heavy atom. The summed E-state index contributed by atoms with van der Waals surface area (Å²) in [4.78, 5) is 31.3. The smallest absolute Gasteiger partial charge is 0.294 e. The molecule has 11 heteroatoms. The first-order valence-corrected chi connectivity index (χ1v) is 15.5. The highest BCUT2D eigenvalue weighted by Gasteiger charge is 2.33. The number of aromatic nitrogens is 1. The lowest BCUT2D eigenvalue weighted by atomic mass is 9.86. The van der Waals surface area contributed by atoms with Crippen molar-refractivity contribution in [2.24, 2.45) is 0 Å². The second-order valence-electron chi connectivity index (χ2n) is 10.4. The van der Waals surface area contributed by atoms with Crippen LogP contribution in [0.15, 0.2) is 47.4 Å². The molecule has 3 aromatic rings. The first kappa shape index (κ1) is 31.1. The van der Waals surface area contributed by atoms with Crippen LogP contribution in [0.25, 0.3) is 11.1 Å². The molecule has 1 aliphatic heterocycles. The van der Waals surface area contributed by atoms with Crippen molar-refractivity contribution >= 4 is 38.8 Å². The molecule has 0 saturated heterocycles. The van der Waals surface area contributed by atoms with Crippen molar-refractivity contribution in [2.45, 2.75) is 51.9 Å². The second kappa shape index (κ2) is 13.0. The van der Waals surface area contributed by atoms with Gasteiger partial charge in [0.05, 0.1) is 16.0 Å². The molecule has 2 amide bonds. The summed E-state index contributed by atoms with van der Waals surface area (Å²) in [6.45, 7) is 11.2. The average Bonchev–Trinajstić information content (AvgIpc) is 3.46. The summed E-state index contributed by atoms with van der Waals surface area (Å²) in [7, 11) is -4.02. The number of anilines is 1. The molecule has 2 aliphatic rings. The van der Waals surface area contributed by atoms with Crippen LogP contribution in [0.1, 0.15) is 65.1 Å². The number of allylic oxidation sites excluding steroid dienone is 1. The average molecular weight is 597 g/mol. The van der Waals surface area contributed by atoms with Crippen LogP contribution in [0.2, 0.25) is 0 Å². The third-order valence-electron chi connectivity index (χ3n) is 7.63. The maximum atomic E-state index is 13.9. The van der Waals surface area contributed by atoms with Crippen LogP contribution in [0.3, 0.4) is 0 Å². The SMILES string of the molecule is CCN(CC)CCNC(=O)c1c(C)[nH]c2c1CCC/C2=C1/C(=O)Nc2ccc(F)cc21.Cc1ccc(S(=O)(=O)O)cc1. The number of H-pyrrole nitrogens is 1. The summed E-state index contributed by atoms with van der Waals surface area (Å²) in [5.74, 6) is -0.683. The van der Waals surface area contributed by atoms with Crippen LogP contribution in [0.5, 0.6) is 0 Å². The van der Waals surface area contributed by atoms with Crippen molar-refractivity contribution in [3.63, 3.8) is 0 Å². The predicted octanol–water partition coefficient (Wildman–Crippen LogP) is 4.97. The monoisotopic (exact) mass is 596 g/mol. The minimum Gasteiger partial charge on any atom is -0.358 e. The van der Waals surface area contributed by atoms with Gasteiger partial charge in [-0.05, 0) is 87.7 Å². The summed E-state index contributed by atoms with van der Waals surface area (Å²) in [5.41, 5.74) is 6.78. The summed E-state index contributed by atoms with van der Waals surface area (Å²) in [5, 5.41) is 5.88. The zero-order valence-corrected chi connectivity index (χ0v) is 25.1. The van der Waals surface area contributed by atoms with Gasteiger partial charge < -0.3 is 20.5 Å². The van der Waals surface area contributed by atoms with E-state index < -0.39 is 10.1 Å². The Balaban J connectivity index is 0.000000310. The van der Waals surface area contributed by atoms with Crippen LogP contribution in [0.4, 0.5) is 10.1 Å². The van der Waals surface area contributed by atoms with Crippen molar-refractivity contribution in [3.8, 4) is 0 Å². The second-order valence-corrected chi connectivity index (χ2v) is 11.8. The lowest BCUT2D eigenvalue weighted by Gasteiger charge is -2.19. The number of amides is 2. The number of fused-ring (bicyclic) bond motifs is 2. The quantitative estimate of drug-likeness (QED) is 0.225. The van der Waals surface area contributed by atoms with Gasteiger partial charge in [-0.25, -0.2) is 4.39 Å². The normalized spacial score (nSPS) is 15.9. The lowest BCUT2D eigenvalue weighted by molar-refractivity contribution is -0.110. The van der Waals surface area contributed by atoms with Gasteiger partial charge in [0.2, 0.25) is 0 Å². The van der Waals surface area contributed by atoms with E-state index in [0.29, 0.717) is 35.4 Å². The highest BCUT2D eigenvalue weighted by molar-refractivity contribution is 7.85. The van der Waals surface area contributed by atoms with Gasteiger partial charge in [-0.1, -0.05) is 31.5 Å². The number of carbonyl (C=O) groups is 2. The maximum Gasteiger partial charge on any atom is 0.294 e. The Labute approximate surface area is 246 Å². The fraction of sp³-hybridized carbons (Fsp3) is 0.355. The van der Waals surface area contributed by atoms with Crippen LogP contribution >= 0.6 is 0 Å². The van der Waals surface area contributed by atoms with Crippen molar-refractivity contribution in [3.05, 3.63) is 81.9 Å². The molecule has 2 heterocycles. The zero-order valence-electron chi connectivity index (χ0n) is 24.3. The molecule has 0 fully saturated rings. The fourth-order valence-electron chi connectivity index (χ4n) is 5.41. The lowest BCUT2D eigenvalue weighted by Crippen LogP contribution is -2.35. The maximum absolute atomic E-state index is 13.9. The zero-order chi connectivity index (χ0) is 30.6. The van der Waals surface area contributed by atoms with Gasteiger partial charge in [-0.15, -0.1) is 0 Å². The van der Waals surface area contributed by atoms with Gasteiger partial charge in [0.15, 0.2) is 0 Å². The summed E-state index contributed by atoms with van der Waals surface area (Å²) < 4.78 is 43.5. The van der Waals surface area contributed by atoms with Gasteiger partial charge in [0.1, 0.15) is 5.82 Å². The van der Waals surface area contributed by atoms with Crippen LogP contribution in [-0.2, 0) is 21.3 Å². The molecule has 9 nitrogen and oxygen atoms in total. The molecule has 5 rings (SSSR count).